The van der Waals surface area contributed by atoms with Crippen molar-refractivity contribution in [3.8, 4) is 0 Å². The van der Waals surface area contributed by atoms with Gasteiger partial charge >= 0.3 is 5.76 Å². The van der Waals surface area contributed by atoms with Crippen LogP contribution >= 0.6 is 0 Å². The highest BCUT2D eigenvalue weighted by Crippen LogP contribution is 2.26. The third-order valence-electron chi connectivity index (χ3n) is 5.33. The van der Waals surface area contributed by atoms with Gasteiger partial charge in [0.1, 0.15) is 0 Å². The highest BCUT2D eigenvalue weighted by Gasteiger charge is 2.33. The highest BCUT2D eigenvalue weighted by molar-refractivity contribution is 7.89. The van der Waals surface area contributed by atoms with Crippen molar-refractivity contribution >= 4 is 27.0 Å². The summed E-state index contributed by atoms with van der Waals surface area (Å²) in [6.07, 6.45) is 2.86. The van der Waals surface area contributed by atoms with Crippen molar-refractivity contribution < 1.29 is 17.6 Å². The number of nitrogens with one attached hydrogen (secondary N) is 1. The van der Waals surface area contributed by atoms with Gasteiger partial charge in [-0.3, -0.25) is 14.3 Å². The number of hydrogen-bond donors (Lipinski definition) is 1. The molecule has 9 nitrogen and oxygen atoms in total. The van der Waals surface area contributed by atoms with E-state index in [0.717, 1.165) is 5.69 Å². The van der Waals surface area contributed by atoms with E-state index in [-0.39, 0.29) is 22.9 Å². The van der Waals surface area contributed by atoms with Gasteiger partial charge in [0.15, 0.2) is 5.58 Å². The number of aromatic nitrogens is 2. The second-order valence-electron chi connectivity index (χ2n) is 7.30. The van der Waals surface area contributed by atoms with Gasteiger partial charge in [-0.05, 0) is 37.1 Å². The Morgan fingerprint density at radius 1 is 1.30 bits per heavy atom. The van der Waals surface area contributed by atoms with Gasteiger partial charge in [-0.1, -0.05) is 6.07 Å². The molecule has 1 fully saturated rings. The van der Waals surface area contributed by atoms with Crippen LogP contribution in [0.25, 0.3) is 11.1 Å². The molecule has 1 aliphatic rings. The van der Waals surface area contributed by atoms with Crippen molar-refractivity contribution in [2.45, 2.75) is 24.3 Å². The van der Waals surface area contributed by atoms with Crippen molar-refractivity contribution in [3.63, 3.8) is 0 Å². The number of nitrogens with zero attached hydrogens (tertiary/aromatic N) is 3. The van der Waals surface area contributed by atoms with E-state index in [0.29, 0.717) is 31.4 Å². The van der Waals surface area contributed by atoms with Crippen LogP contribution in [0.5, 0.6) is 0 Å². The summed E-state index contributed by atoms with van der Waals surface area (Å²) in [5, 5.41) is 2.84. The van der Waals surface area contributed by atoms with Gasteiger partial charge in [0, 0.05) is 32.4 Å². The predicted molar refractivity (Wildman–Crippen MR) is 109 cm³/mol. The number of aryl methyl sites for hydroxylation is 1. The Kier molecular flexibility index (Phi) is 5.44. The first-order valence-corrected chi connectivity index (χ1v) is 11.1. The molecule has 10 heteroatoms. The zero-order valence-electron chi connectivity index (χ0n) is 16.4. The number of fused-ring (bicyclic) bond motifs is 1. The Morgan fingerprint density at radius 3 is 2.90 bits per heavy atom. The van der Waals surface area contributed by atoms with Crippen LogP contribution in [-0.2, 0) is 28.4 Å². The third-order valence-corrected chi connectivity index (χ3v) is 7.19. The number of piperidine rings is 1. The van der Waals surface area contributed by atoms with E-state index in [1.807, 2.05) is 12.1 Å². The van der Waals surface area contributed by atoms with Gasteiger partial charge in [0.05, 0.1) is 28.6 Å². The van der Waals surface area contributed by atoms with Crippen LogP contribution in [0, 0.1) is 5.92 Å². The van der Waals surface area contributed by atoms with Gasteiger partial charge in [-0.25, -0.2) is 13.2 Å². The zero-order chi connectivity index (χ0) is 21.3. The van der Waals surface area contributed by atoms with E-state index < -0.39 is 21.7 Å². The molecule has 1 atom stereocenters. The molecule has 1 N–H and O–H groups in total. The summed E-state index contributed by atoms with van der Waals surface area (Å²) in [4.78, 5) is 28.5. The van der Waals surface area contributed by atoms with Gasteiger partial charge in [0.2, 0.25) is 15.9 Å². The Labute approximate surface area is 173 Å². The first-order chi connectivity index (χ1) is 14.4. The van der Waals surface area contributed by atoms with Crippen molar-refractivity contribution in [2.24, 2.45) is 13.0 Å². The molecule has 1 aliphatic heterocycles. The van der Waals surface area contributed by atoms with Gasteiger partial charge in [0.25, 0.3) is 0 Å². The lowest BCUT2D eigenvalue weighted by molar-refractivity contribution is -0.126. The largest absolute Gasteiger partial charge is 0.419 e. The maximum Gasteiger partial charge on any atom is 0.419 e. The summed E-state index contributed by atoms with van der Waals surface area (Å²) in [5.74, 6) is -1.18. The molecular formula is C20H22N4O5S. The molecule has 1 amide bonds. The minimum absolute atomic E-state index is 0.0406. The molecule has 1 unspecified atom stereocenters. The van der Waals surface area contributed by atoms with Gasteiger partial charge in [-0.15, -0.1) is 0 Å². The quantitative estimate of drug-likeness (QED) is 0.651. The molecule has 0 radical (unpaired) electrons. The van der Waals surface area contributed by atoms with Crippen LogP contribution in [0.15, 0.2) is 56.7 Å². The minimum atomic E-state index is -3.82. The lowest BCUT2D eigenvalue weighted by Crippen LogP contribution is -2.45. The van der Waals surface area contributed by atoms with Crippen molar-refractivity contribution in [2.75, 3.05) is 13.1 Å². The molecule has 1 aromatic carbocycles. The maximum atomic E-state index is 13.1. The molecule has 0 spiro atoms. The highest BCUT2D eigenvalue weighted by atomic mass is 32.2. The summed E-state index contributed by atoms with van der Waals surface area (Å²) in [6.45, 7) is 0.739. The van der Waals surface area contributed by atoms with Crippen LogP contribution in [0.4, 0.5) is 0 Å². The standard InChI is InChI=1S/C20H22N4O5S/c1-23-17-8-7-16(11-18(17)29-20(23)26)30(27,28)24-10-4-5-14(13-24)19(25)22-12-15-6-2-3-9-21-15/h2-3,6-9,11,14H,4-5,10,12-13H2,1H3,(H,22,25). The number of sulfonamides is 1. The molecule has 0 aliphatic carbocycles. The number of amides is 1. The summed E-state index contributed by atoms with van der Waals surface area (Å²) >= 11 is 0. The molecule has 4 rings (SSSR count). The SMILES string of the molecule is Cn1c(=O)oc2cc(S(=O)(=O)N3CCCC(C(=O)NCc4ccccn4)C3)ccc21. The number of rotatable bonds is 5. The summed E-state index contributed by atoms with van der Waals surface area (Å²) in [7, 11) is -2.26. The summed E-state index contributed by atoms with van der Waals surface area (Å²) in [5.41, 5.74) is 1.47. The second kappa shape index (κ2) is 8.04. The molecule has 30 heavy (non-hydrogen) atoms. The molecular weight excluding hydrogens is 408 g/mol. The van der Waals surface area contributed by atoms with E-state index in [1.54, 1.807) is 25.4 Å². The Balaban J connectivity index is 1.49. The smallest absolute Gasteiger partial charge is 0.408 e. The fraction of sp³-hybridized carbons (Fsp3) is 0.350. The first kappa shape index (κ1) is 20.3. The molecule has 0 saturated carbocycles. The van der Waals surface area contributed by atoms with E-state index in [9.17, 15) is 18.0 Å². The number of hydrogen-bond acceptors (Lipinski definition) is 6. The number of oxazole rings is 1. The fourth-order valence-electron chi connectivity index (χ4n) is 3.62. The number of carbonyl (C=O) groups excluding carboxylic acids is 1. The van der Waals surface area contributed by atoms with Crippen LogP contribution in [-0.4, -0.2) is 41.3 Å². The lowest BCUT2D eigenvalue weighted by Gasteiger charge is -2.31. The number of carbonyl (C=O) groups is 1. The topological polar surface area (TPSA) is 115 Å². The average molecular weight is 430 g/mol. The maximum absolute atomic E-state index is 13.1. The van der Waals surface area contributed by atoms with Gasteiger partial charge in [-0.2, -0.15) is 4.31 Å². The van der Waals surface area contributed by atoms with Crippen LogP contribution in [0.3, 0.4) is 0 Å². The fourth-order valence-corrected chi connectivity index (χ4v) is 5.16. The molecule has 2 aromatic heterocycles. The molecule has 3 aromatic rings. The predicted octanol–water partition coefficient (Wildman–Crippen LogP) is 1.24. The summed E-state index contributed by atoms with van der Waals surface area (Å²) in [6, 6.07) is 9.82. The average Bonchev–Trinajstić information content (AvgIpc) is 3.06. The molecule has 0 bridgehead atoms. The van der Waals surface area contributed by atoms with Crippen molar-refractivity contribution in [1.82, 2.24) is 19.2 Å². The molecule has 1 saturated heterocycles. The van der Waals surface area contributed by atoms with Crippen molar-refractivity contribution in [3.05, 3.63) is 58.8 Å². The Morgan fingerprint density at radius 2 is 2.13 bits per heavy atom. The third kappa shape index (κ3) is 3.88. The van der Waals surface area contributed by atoms with Crippen LogP contribution in [0.1, 0.15) is 18.5 Å². The normalized spacial score (nSPS) is 17.8. The monoisotopic (exact) mass is 430 g/mol. The van der Waals surface area contributed by atoms with E-state index in [4.69, 9.17) is 4.42 Å². The lowest BCUT2D eigenvalue weighted by atomic mass is 9.99. The number of pyridine rings is 1. The first-order valence-electron chi connectivity index (χ1n) is 9.63. The molecule has 3 heterocycles. The zero-order valence-corrected chi connectivity index (χ0v) is 17.3. The minimum Gasteiger partial charge on any atom is -0.408 e. The van der Waals surface area contributed by atoms with E-state index in [2.05, 4.69) is 10.3 Å². The van der Waals surface area contributed by atoms with Gasteiger partial charge < -0.3 is 9.73 Å². The van der Waals surface area contributed by atoms with Crippen LogP contribution < -0.4 is 11.1 Å². The Bertz CT molecular complexity index is 1230. The second-order valence-corrected chi connectivity index (χ2v) is 9.24. The summed E-state index contributed by atoms with van der Waals surface area (Å²) < 4.78 is 34.0. The van der Waals surface area contributed by atoms with Crippen molar-refractivity contribution in [1.29, 1.82) is 0 Å². The number of benzene rings is 1. The molecule has 158 valence electrons. The van der Waals surface area contributed by atoms with E-state index in [1.165, 1.54) is 21.0 Å². The Hall–Kier alpha value is -2.98. The van der Waals surface area contributed by atoms with E-state index >= 15 is 0 Å². The van der Waals surface area contributed by atoms with Crippen LogP contribution in [0.2, 0.25) is 0 Å².